The lowest BCUT2D eigenvalue weighted by atomic mass is 10.1. The summed E-state index contributed by atoms with van der Waals surface area (Å²) in [5, 5.41) is 1.55. The van der Waals surface area contributed by atoms with E-state index in [-0.39, 0.29) is 0 Å². The number of carbonyl (C=O) groups excluding carboxylic acids is 1. The van der Waals surface area contributed by atoms with Crippen molar-refractivity contribution in [2.24, 2.45) is 0 Å². The van der Waals surface area contributed by atoms with Gasteiger partial charge in [-0.2, -0.15) is 22.0 Å². The second kappa shape index (κ2) is 4.87. The maximum absolute atomic E-state index is 12.6. The first-order chi connectivity index (χ1) is 8.16. The summed E-state index contributed by atoms with van der Waals surface area (Å²) in [6.07, 6.45) is -3.15. The van der Waals surface area contributed by atoms with E-state index < -0.39 is 24.6 Å². The van der Waals surface area contributed by atoms with E-state index in [2.05, 4.69) is 4.98 Å². The van der Waals surface area contributed by atoms with Crippen molar-refractivity contribution < 1.29 is 26.7 Å². The van der Waals surface area contributed by atoms with E-state index in [4.69, 9.17) is 0 Å². The fraction of sp³-hybridized carbons (Fsp3) is 0.400. The number of aryl methyl sites for hydroxylation is 1. The molecule has 0 spiro atoms. The van der Waals surface area contributed by atoms with Gasteiger partial charge in [-0.15, -0.1) is 0 Å². The smallest absolute Gasteiger partial charge is 0.346 e. The molecule has 100 valence electrons. The molecule has 1 heterocycles. The summed E-state index contributed by atoms with van der Waals surface area (Å²) >= 11 is 0. The number of halogens is 5. The van der Waals surface area contributed by atoms with E-state index in [1.807, 2.05) is 0 Å². The molecule has 0 aromatic carbocycles. The molecule has 0 atom stereocenters. The minimum atomic E-state index is -5.90. The second-order valence-corrected chi connectivity index (χ2v) is 3.56. The molecular weight excluding hydrogens is 259 g/mol. The normalized spacial score (nSPS) is 12.3. The average Bonchev–Trinajstić information content (AvgIpc) is 2.26. The van der Waals surface area contributed by atoms with Crippen LogP contribution >= 0.6 is 0 Å². The lowest BCUT2D eigenvalue weighted by molar-refractivity contribution is -0.269. The van der Waals surface area contributed by atoms with Gasteiger partial charge in [-0.05, 0) is 24.1 Å². The molecule has 0 aliphatic carbocycles. The number of aromatic nitrogens is 1. The van der Waals surface area contributed by atoms with Gasteiger partial charge in [-0.3, -0.25) is 9.78 Å². The summed E-state index contributed by atoms with van der Waals surface area (Å²) in [5.41, 5.74) is 0.990. The predicted molar refractivity (Wildman–Crippen MR) is 51.8 cm³/mol. The third-order valence-corrected chi connectivity index (χ3v) is 2.22. The molecule has 18 heavy (non-hydrogen) atoms. The number of nitrogens with one attached hydrogen (secondary N) is 1. The van der Waals surface area contributed by atoms with Crippen molar-refractivity contribution in [2.45, 2.75) is 25.6 Å². The van der Waals surface area contributed by atoms with Gasteiger partial charge in [-0.25, -0.2) is 0 Å². The van der Waals surface area contributed by atoms with Crippen LogP contribution in [0.4, 0.5) is 22.0 Å². The van der Waals surface area contributed by atoms with Crippen LogP contribution in [0.3, 0.4) is 0 Å². The lowest BCUT2D eigenvalue weighted by Gasteiger charge is -2.18. The van der Waals surface area contributed by atoms with Crippen molar-refractivity contribution in [3.8, 4) is 0 Å². The molecule has 3 nitrogen and oxygen atoms in total. The molecule has 0 bridgehead atoms. The van der Waals surface area contributed by atoms with E-state index >= 15 is 0 Å². The van der Waals surface area contributed by atoms with Crippen LogP contribution in [0.25, 0.3) is 0 Å². The average molecular weight is 268 g/mol. The Morgan fingerprint density at radius 2 is 1.94 bits per heavy atom. The third kappa shape index (κ3) is 2.93. The van der Waals surface area contributed by atoms with Gasteiger partial charge in [-0.1, -0.05) is 0 Å². The number of hydrogen-bond acceptors (Lipinski definition) is 2. The fourth-order valence-electron chi connectivity index (χ4n) is 1.12. The van der Waals surface area contributed by atoms with Crippen LogP contribution in [0.2, 0.25) is 0 Å². The van der Waals surface area contributed by atoms with Gasteiger partial charge in [0.05, 0.1) is 0 Å². The van der Waals surface area contributed by atoms with Crippen LogP contribution in [0.1, 0.15) is 11.1 Å². The Morgan fingerprint density at radius 1 is 1.33 bits per heavy atom. The van der Waals surface area contributed by atoms with E-state index in [0.717, 1.165) is 0 Å². The van der Waals surface area contributed by atoms with Gasteiger partial charge in [0.25, 0.3) is 0 Å². The van der Waals surface area contributed by atoms with Crippen molar-refractivity contribution in [2.75, 3.05) is 0 Å². The maximum Gasteiger partial charge on any atom is 0.463 e. The van der Waals surface area contributed by atoms with Crippen molar-refractivity contribution in [3.05, 3.63) is 29.6 Å². The molecule has 0 aliphatic heterocycles. The van der Waals surface area contributed by atoms with Crippen LogP contribution in [0, 0.1) is 6.92 Å². The number of rotatable bonds is 3. The van der Waals surface area contributed by atoms with Crippen molar-refractivity contribution in [1.82, 2.24) is 10.3 Å². The number of hydrogen-bond donors (Lipinski definition) is 1. The van der Waals surface area contributed by atoms with Crippen molar-refractivity contribution >= 4 is 5.91 Å². The van der Waals surface area contributed by atoms with Crippen LogP contribution in [0.15, 0.2) is 18.5 Å². The summed E-state index contributed by atoms with van der Waals surface area (Å²) in [4.78, 5) is 14.5. The van der Waals surface area contributed by atoms with E-state index in [0.29, 0.717) is 11.1 Å². The first kappa shape index (κ1) is 14.3. The molecule has 1 aromatic rings. The zero-order chi connectivity index (χ0) is 14.0. The minimum absolute atomic E-state index is 0.413. The Labute approximate surface area is 99.0 Å². The van der Waals surface area contributed by atoms with Crippen LogP contribution in [-0.4, -0.2) is 23.0 Å². The molecule has 1 N–H and O–H groups in total. The van der Waals surface area contributed by atoms with Gasteiger partial charge in [0.2, 0.25) is 0 Å². The Bertz CT molecular complexity index is 444. The largest absolute Gasteiger partial charge is 0.463 e. The highest BCUT2D eigenvalue weighted by Crippen LogP contribution is 2.35. The first-order valence-electron chi connectivity index (χ1n) is 4.78. The molecule has 8 heteroatoms. The van der Waals surface area contributed by atoms with E-state index in [9.17, 15) is 26.7 Å². The number of pyridine rings is 1. The summed E-state index contributed by atoms with van der Waals surface area (Å²) in [7, 11) is 0. The standard InChI is InChI=1S/C10H9F5N2O/c1-6-4-16-3-2-7(6)5-17-8(18)9(11,12)10(13,14)15/h2-4H,5H2,1H3,(H,17,18). The van der Waals surface area contributed by atoms with Crippen LogP contribution < -0.4 is 5.32 Å². The summed E-state index contributed by atoms with van der Waals surface area (Å²) in [6, 6.07) is 1.42. The number of alkyl halides is 5. The number of nitrogens with zero attached hydrogens (tertiary/aromatic N) is 1. The molecule has 0 saturated carbocycles. The Morgan fingerprint density at radius 3 is 2.44 bits per heavy atom. The monoisotopic (exact) mass is 268 g/mol. The Hall–Kier alpha value is -1.73. The number of amides is 1. The second-order valence-electron chi connectivity index (χ2n) is 3.56. The third-order valence-electron chi connectivity index (χ3n) is 2.22. The van der Waals surface area contributed by atoms with Crippen LogP contribution in [0.5, 0.6) is 0 Å². The minimum Gasteiger partial charge on any atom is -0.346 e. The highest BCUT2D eigenvalue weighted by Gasteiger charge is 2.63. The van der Waals surface area contributed by atoms with Gasteiger partial charge in [0.15, 0.2) is 0 Å². The molecule has 1 rings (SSSR count). The van der Waals surface area contributed by atoms with E-state index in [1.165, 1.54) is 18.5 Å². The zero-order valence-electron chi connectivity index (χ0n) is 9.18. The van der Waals surface area contributed by atoms with Crippen molar-refractivity contribution in [1.29, 1.82) is 0 Å². The molecule has 0 unspecified atom stereocenters. The van der Waals surface area contributed by atoms with Gasteiger partial charge in [0, 0.05) is 18.9 Å². The summed E-state index contributed by atoms with van der Waals surface area (Å²) in [5.74, 6) is -7.76. The molecule has 0 fully saturated rings. The highest BCUT2D eigenvalue weighted by atomic mass is 19.4. The quantitative estimate of drug-likeness (QED) is 0.854. The van der Waals surface area contributed by atoms with Gasteiger partial charge >= 0.3 is 18.0 Å². The van der Waals surface area contributed by atoms with Crippen LogP contribution in [-0.2, 0) is 11.3 Å². The van der Waals surface area contributed by atoms with Crippen molar-refractivity contribution in [3.63, 3.8) is 0 Å². The molecule has 1 amide bonds. The SMILES string of the molecule is Cc1cnccc1CNC(=O)C(F)(F)C(F)(F)F. The fourth-order valence-corrected chi connectivity index (χ4v) is 1.12. The zero-order valence-corrected chi connectivity index (χ0v) is 9.18. The maximum atomic E-state index is 12.6. The number of carbonyl (C=O) groups is 1. The molecule has 0 saturated heterocycles. The lowest BCUT2D eigenvalue weighted by Crippen LogP contribution is -2.50. The molecule has 0 radical (unpaired) electrons. The first-order valence-corrected chi connectivity index (χ1v) is 4.78. The summed E-state index contributed by atoms with van der Waals surface area (Å²) < 4.78 is 60.8. The molecular formula is C10H9F5N2O. The highest BCUT2D eigenvalue weighted by molar-refractivity contribution is 5.84. The topological polar surface area (TPSA) is 42.0 Å². The van der Waals surface area contributed by atoms with Gasteiger partial charge < -0.3 is 5.32 Å². The van der Waals surface area contributed by atoms with E-state index in [1.54, 1.807) is 12.2 Å². The Kier molecular flexibility index (Phi) is 3.88. The molecule has 1 aromatic heterocycles. The van der Waals surface area contributed by atoms with Gasteiger partial charge in [0.1, 0.15) is 0 Å². The Balaban J connectivity index is 2.71. The predicted octanol–water partition coefficient (Wildman–Crippen LogP) is 2.20. The summed E-state index contributed by atoms with van der Waals surface area (Å²) in [6.45, 7) is 1.18. The molecule has 0 aliphatic rings.